The lowest BCUT2D eigenvalue weighted by atomic mass is 10.3. The van der Waals surface area contributed by atoms with Crippen molar-refractivity contribution in [2.24, 2.45) is 0 Å². The summed E-state index contributed by atoms with van der Waals surface area (Å²) in [6.45, 7) is 2.81. The van der Waals surface area contributed by atoms with E-state index < -0.39 is 5.97 Å². The fourth-order valence-electron chi connectivity index (χ4n) is 1.77. The van der Waals surface area contributed by atoms with Crippen LogP contribution < -0.4 is 0 Å². The van der Waals surface area contributed by atoms with E-state index in [0.29, 0.717) is 15.2 Å². The van der Waals surface area contributed by atoms with Crippen LogP contribution >= 0.6 is 35.0 Å². The summed E-state index contributed by atoms with van der Waals surface area (Å²) in [5, 5.41) is 10.4. The van der Waals surface area contributed by atoms with Gasteiger partial charge in [-0.15, -0.1) is 0 Å². The van der Waals surface area contributed by atoms with Crippen LogP contribution in [0.5, 0.6) is 0 Å². The van der Waals surface area contributed by atoms with Crippen molar-refractivity contribution < 1.29 is 9.90 Å². The summed E-state index contributed by atoms with van der Waals surface area (Å²) >= 11 is 13.2. The third kappa shape index (κ3) is 3.16. The van der Waals surface area contributed by atoms with Crippen LogP contribution in [0, 0.1) is 0 Å². The van der Waals surface area contributed by atoms with E-state index in [-0.39, 0.29) is 5.75 Å². The Kier molecular flexibility index (Phi) is 4.60. The molecule has 4 nitrogen and oxygen atoms in total. The van der Waals surface area contributed by atoms with Gasteiger partial charge in [0.2, 0.25) is 0 Å². The molecular formula is C12H12Cl2N2O2S. The summed E-state index contributed by atoms with van der Waals surface area (Å²) in [5.74, 6) is -0.884. The highest BCUT2D eigenvalue weighted by atomic mass is 35.5. The van der Waals surface area contributed by atoms with E-state index in [1.54, 1.807) is 12.1 Å². The van der Waals surface area contributed by atoms with Gasteiger partial charge in [-0.25, -0.2) is 4.98 Å². The van der Waals surface area contributed by atoms with Crippen LogP contribution in [-0.4, -0.2) is 26.4 Å². The number of aryl methyl sites for hydroxylation is 1. The molecule has 1 aromatic carbocycles. The Balaban J connectivity index is 2.49. The zero-order chi connectivity index (χ0) is 14.0. The Bertz CT molecular complexity index is 628. The lowest BCUT2D eigenvalue weighted by Crippen LogP contribution is -2.03. The quantitative estimate of drug-likeness (QED) is 0.849. The largest absolute Gasteiger partial charge is 0.481 e. The number of fused-ring (bicyclic) bond motifs is 1. The van der Waals surface area contributed by atoms with Crippen LogP contribution in [-0.2, 0) is 11.3 Å². The number of aromatic nitrogens is 2. The van der Waals surface area contributed by atoms with Crippen LogP contribution in [0.4, 0.5) is 0 Å². The zero-order valence-electron chi connectivity index (χ0n) is 10.2. The minimum absolute atomic E-state index is 0.0193. The monoisotopic (exact) mass is 318 g/mol. The fourth-order valence-corrected chi connectivity index (χ4v) is 2.85. The summed E-state index contributed by atoms with van der Waals surface area (Å²) in [4.78, 5) is 15.1. The second-order valence-electron chi connectivity index (χ2n) is 3.98. The van der Waals surface area contributed by atoms with Gasteiger partial charge in [-0.2, -0.15) is 0 Å². The smallest absolute Gasteiger partial charge is 0.313 e. The lowest BCUT2D eigenvalue weighted by Gasteiger charge is -2.06. The van der Waals surface area contributed by atoms with Crippen LogP contribution in [0.3, 0.4) is 0 Å². The SMILES string of the molecule is CCCn1c(SCC(=O)O)nc2cc(Cl)c(Cl)cc21. The zero-order valence-corrected chi connectivity index (χ0v) is 12.5. The summed E-state index contributed by atoms with van der Waals surface area (Å²) in [7, 11) is 0. The van der Waals surface area contributed by atoms with Crippen molar-refractivity contribution in [2.45, 2.75) is 25.0 Å². The molecule has 1 N–H and O–H groups in total. The Hall–Kier alpha value is -0.910. The first-order valence-corrected chi connectivity index (χ1v) is 7.47. The molecule has 2 aromatic rings. The Morgan fingerprint density at radius 3 is 2.74 bits per heavy atom. The van der Waals surface area contributed by atoms with E-state index in [2.05, 4.69) is 11.9 Å². The molecule has 0 atom stereocenters. The number of nitrogens with zero attached hydrogens (tertiary/aromatic N) is 2. The van der Waals surface area contributed by atoms with Gasteiger partial charge in [-0.1, -0.05) is 41.9 Å². The second-order valence-corrected chi connectivity index (χ2v) is 5.74. The van der Waals surface area contributed by atoms with Crippen LogP contribution in [0.2, 0.25) is 10.0 Å². The number of aliphatic carboxylic acids is 1. The van der Waals surface area contributed by atoms with Gasteiger partial charge in [0.25, 0.3) is 0 Å². The number of hydrogen-bond acceptors (Lipinski definition) is 3. The van der Waals surface area contributed by atoms with E-state index in [0.717, 1.165) is 24.0 Å². The van der Waals surface area contributed by atoms with Crippen molar-refractivity contribution in [2.75, 3.05) is 5.75 Å². The number of carboxylic acid groups (broad SMARTS) is 1. The highest BCUT2D eigenvalue weighted by molar-refractivity contribution is 7.99. The van der Waals surface area contributed by atoms with Gasteiger partial charge >= 0.3 is 5.97 Å². The number of carboxylic acids is 1. The van der Waals surface area contributed by atoms with E-state index in [1.807, 2.05) is 4.57 Å². The van der Waals surface area contributed by atoms with Gasteiger partial charge in [0.05, 0.1) is 26.8 Å². The molecule has 0 saturated heterocycles. The summed E-state index contributed by atoms with van der Waals surface area (Å²) in [6, 6.07) is 3.48. The molecule has 7 heteroatoms. The maximum Gasteiger partial charge on any atom is 0.313 e. The molecule has 0 fully saturated rings. The molecule has 2 rings (SSSR count). The van der Waals surface area contributed by atoms with Crippen LogP contribution in [0.25, 0.3) is 11.0 Å². The van der Waals surface area contributed by atoms with Gasteiger partial charge in [0, 0.05) is 6.54 Å². The molecule has 1 heterocycles. The van der Waals surface area contributed by atoms with E-state index in [4.69, 9.17) is 28.3 Å². The predicted octanol–water partition coefficient (Wildman–Crippen LogP) is 3.93. The second kappa shape index (κ2) is 6.03. The summed E-state index contributed by atoms with van der Waals surface area (Å²) in [5.41, 5.74) is 1.61. The molecule has 0 aliphatic heterocycles. The number of thioether (sulfide) groups is 1. The lowest BCUT2D eigenvalue weighted by molar-refractivity contribution is -0.133. The van der Waals surface area contributed by atoms with Gasteiger partial charge in [0.15, 0.2) is 5.16 Å². The van der Waals surface area contributed by atoms with E-state index in [1.165, 1.54) is 11.8 Å². The third-order valence-electron chi connectivity index (χ3n) is 2.53. The van der Waals surface area contributed by atoms with Crippen molar-refractivity contribution in [3.63, 3.8) is 0 Å². The minimum Gasteiger partial charge on any atom is -0.481 e. The van der Waals surface area contributed by atoms with Gasteiger partial charge < -0.3 is 9.67 Å². The molecule has 0 bridgehead atoms. The molecule has 0 aliphatic carbocycles. The predicted molar refractivity (Wildman–Crippen MR) is 78.4 cm³/mol. The number of rotatable bonds is 5. The Morgan fingerprint density at radius 2 is 2.11 bits per heavy atom. The van der Waals surface area contributed by atoms with Crippen molar-refractivity contribution in [3.05, 3.63) is 22.2 Å². The first-order valence-electron chi connectivity index (χ1n) is 5.72. The standard InChI is InChI=1S/C12H12Cl2N2O2S/c1-2-3-16-10-5-8(14)7(13)4-9(10)15-12(16)19-6-11(17)18/h4-5H,2-3,6H2,1H3,(H,17,18). The highest BCUT2D eigenvalue weighted by Gasteiger charge is 2.14. The summed E-state index contributed by atoms with van der Waals surface area (Å²) < 4.78 is 1.98. The molecule has 0 spiro atoms. The average molecular weight is 319 g/mol. The summed E-state index contributed by atoms with van der Waals surface area (Å²) in [6.07, 6.45) is 0.923. The molecule has 1 aromatic heterocycles. The Morgan fingerprint density at radius 1 is 1.42 bits per heavy atom. The third-order valence-corrected chi connectivity index (χ3v) is 4.21. The van der Waals surface area contributed by atoms with Crippen molar-refractivity contribution >= 4 is 52.0 Å². The molecular weight excluding hydrogens is 307 g/mol. The van der Waals surface area contributed by atoms with Crippen molar-refractivity contribution in [1.29, 1.82) is 0 Å². The molecule has 0 unspecified atom stereocenters. The fraction of sp³-hybridized carbons (Fsp3) is 0.333. The highest BCUT2D eigenvalue weighted by Crippen LogP contribution is 2.31. The Labute approximate surface area is 124 Å². The van der Waals surface area contributed by atoms with E-state index in [9.17, 15) is 4.79 Å². The van der Waals surface area contributed by atoms with Crippen molar-refractivity contribution in [1.82, 2.24) is 9.55 Å². The number of halogens is 2. The van der Waals surface area contributed by atoms with Crippen LogP contribution in [0.15, 0.2) is 17.3 Å². The molecule has 0 aliphatic rings. The average Bonchev–Trinajstić information content (AvgIpc) is 2.66. The minimum atomic E-state index is -0.865. The number of carbonyl (C=O) groups is 1. The van der Waals surface area contributed by atoms with Crippen molar-refractivity contribution in [3.8, 4) is 0 Å². The number of benzene rings is 1. The molecule has 19 heavy (non-hydrogen) atoms. The number of imidazole rings is 1. The van der Waals surface area contributed by atoms with E-state index >= 15 is 0 Å². The topological polar surface area (TPSA) is 55.1 Å². The molecule has 102 valence electrons. The normalized spacial score (nSPS) is 11.1. The van der Waals surface area contributed by atoms with Crippen LogP contribution in [0.1, 0.15) is 13.3 Å². The van der Waals surface area contributed by atoms with Gasteiger partial charge in [0.1, 0.15) is 0 Å². The molecule has 0 amide bonds. The number of hydrogen-bond donors (Lipinski definition) is 1. The maximum absolute atomic E-state index is 10.7. The molecule has 0 saturated carbocycles. The first-order chi connectivity index (χ1) is 9.02. The first kappa shape index (κ1) is 14.5. The molecule has 0 radical (unpaired) electrons. The van der Waals surface area contributed by atoms with Gasteiger partial charge in [-0.3, -0.25) is 4.79 Å². The maximum atomic E-state index is 10.7. The van der Waals surface area contributed by atoms with Gasteiger partial charge in [-0.05, 0) is 18.6 Å².